The lowest BCUT2D eigenvalue weighted by Crippen LogP contribution is -2.59. The lowest BCUT2D eigenvalue weighted by Gasteiger charge is -2.36. The van der Waals surface area contributed by atoms with E-state index in [-0.39, 0.29) is 24.4 Å². The second-order valence-corrected chi connectivity index (χ2v) is 10.00. The smallest absolute Gasteiger partial charge is 0.408 e. The van der Waals surface area contributed by atoms with Gasteiger partial charge in [0.25, 0.3) is 5.91 Å². The zero-order chi connectivity index (χ0) is 25.6. The maximum absolute atomic E-state index is 13.3. The van der Waals surface area contributed by atoms with Gasteiger partial charge in [0.15, 0.2) is 0 Å². The third-order valence-corrected chi connectivity index (χ3v) is 6.05. The van der Waals surface area contributed by atoms with Crippen LogP contribution in [-0.2, 0) is 23.9 Å². The van der Waals surface area contributed by atoms with Crippen LogP contribution in [0.1, 0.15) is 66.7 Å². The molecule has 10 heteroatoms. The number of nitrogens with zero attached hydrogens (tertiary/aromatic N) is 1. The molecule has 0 aromatic heterocycles. The number of ketones is 1. The molecule has 1 saturated heterocycles. The zero-order valence-electron chi connectivity index (χ0n) is 20.8. The second kappa shape index (κ2) is 11.5. The average molecular weight is 479 g/mol. The van der Waals surface area contributed by atoms with E-state index in [9.17, 15) is 24.0 Å². The van der Waals surface area contributed by atoms with Crippen molar-refractivity contribution in [2.45, 2.75) is 96.5 Å². The van der Waals surface area contributed by atoms with E-state index in [1.807, 2.05) is 6.92 Å². The van der Waals surface area contributed by atoms with Crippen LogP contribution in [0.2, 0.25) is 0 Å². The first-order chi connectivity index (χ1) is 15.9. The van der Waals surface area contributed by atoms with Gasteiger partial charge in [0.1, 0.15) is 17.7 Å². The fourth-order valence-corrected chi connectivity index (χ4v) is 4.64. The Morgan fingerprint density at radius 3 is 2.41 bits per heavy atom. The van der Waals surface area contributed by atoms with Crippen LogP contribution in [0.5, 0.6) is 0 Å². The topological polar surface area (TPSA) is 134 Å². The summed E-state index contributed by atoms with van der Waals surface area (Å²) in [5.74, 6) is -2.36. The molecule has 0 aromatic carbocycles. The van der Waals surface area contributed by atoms with Crippen molar-refractivity contribution in [3.05, 3.63) is 12.7 Å². The van der Waals surface area contributed by atoms with Crippen LogP contribution in [0.15, 0.2) is 12.7 Å². The molecule has 2 aliphatic rings. The molecule has 1 aliphatic carbocycles. The van der Waals surface area contributed by atoms with Crippen molar-refractivity contribution < 1.29 is 28.7 Å². The number of hydrogen-bond donors (Lipinski definition) is 3. The van der Waals surface area contributed by atoms with Crippen LogP contribution in [-0.4, -0.2) is 70.8 Å². The number of hydrogen-bond acceptors (Lipinski definition) is 6. The number of likely N-dealkylation sites (tertiary alicyclic amines) is 1. The number of nitrogens with one attached hydrogen (secondary N) is 3. The van der Waals surface area contributed by atoms with E-state index in [0.717, 1.165) is 12.8 Å². The van der Waals surface area contributed by atoms with Gasteiger partial charge < -0.3 is 25.6 Å². The van der Waals surface area contributed by atoms with Gasteiger partial charge in [0.2, 0.25) is 17.6 Å². The first-order valence-corrected chi connectivity index (χ1v) is 11.9. The molecule has 4 unspecified atom stereocenters. The maximum Gasteiger partial charge on any atom is 0.408 e. The molecule has 5 atom stereocenters. The molecule has 1 saturated carbocycles. The molecule has 1 aliphatic heterocycles. The van der Waals surface area contributed by atoms with Gasteiger partial charge in [-0.2, -0.15) is 0 Å². The molecular formula is C24H38N4O6. The quantitative estimate of drug-likeness (QED) is 0.321. The van der Waals surface area contributed by atoms with Gasteiger partial charge in [-0.1, -0.05) is 19.4 Å². The Balaban J connectivity index is 2.12. The number of fused-ring (bicyclic) bond motifs is 2. The van der Waals surface area contributed by atoms with Crippen molar-refractivity contribution in [2.24, 2.45) is 5.92 Å². The van der Waals surface area contributed by atoms with Crippen molar-refractivity contribution in [1.29, 1.82) is 0 Å². The highest BCUT2D eigenvalue weighted by Crippen LogP contribution is 2.42. The Hall–Kier alpha value is -2.91. The minimum Gasteiger partial charge on any atom is -0.444 e. The van der Waals surface area contributed by atoms with Gasteiger partial charge in [0.05, 0.1) is 6.04 Å². The van der Waals surface area contributed by atoms with E-state index >= 15 is 0 Å². The molecule has 0 aromatic rings. The molecule has 3 N–H and O–H groups in total. The molecule has 2 bridgehead atoms. The largest absolute Gasteiger partial charge is 0.444 e. The monoisotopic (exact) mass is 478 g/mol. The summed E-state index contributed by atoms with van der Waals surface area (Å²) in [4.78, 5) is 65.0. The van der Waals surface area contributed by atoms with Crippen molar-refractivity contribution in [3.8, 4) is 0 Å². The summed E-state index contributed by atoms with van der Waals surface area (Å²) in [6.45, 7) is 12.2. The third kappa shape index (κ3) is 6.80. The van der Waals surface area contributed by atoms with Crippen molar-refractivity contribution >= 4 is 29.6 Å². The van der Waals surface area contributed by atoms with Gasteiger partial charge >= 0.3 is 6.09 Å². The summed E-state index contributed by atoms with van der Waals surface area (Å²) in [6.07, 6.45) is 3.91. The summed E-state index contributed by atoms with van der Waals surface area (Å²) in [7, 11) is 0. The Morgan fingerprint density at radius 2 is 1.82 bits per heavy atom. The molecule has 1 heterocycles. The van der Waals surface area contributed by atoms with E-state index < -0.39 is 47.4 Å². The number of alkyl carbamates (subject to hydrolysis) is 1. The number of carbonyl (C=O) groups excluding carboxylic acids is 5. The SMILES string of the molecule is C=CCNC(=O)C(=O)C(CCC)NC(=O)C1C2CCC(C2)N1C(=O)[C@H](C)NC(=O)OC(C)(C)C. The third-order valence-electron chi connectivity index (χ3n) is 6.05. The van der Waals surface area contributed by atoms with Crippen molar-refractivity contribution in [2.75, 3.05) is 6.54 Å². The second-order valence-electron chi connectivity index (χ2n) is 10.00. The number of ether oxygens (including phenoxy) is 1. The Labute approximate surface area is 201 Å². The summed E-state index contributed by atoms with van der Waals surface area (Å²) < 4.78 is 5.23. The van der Waals surface area contributed by atoms with Crippen molar-refractivity contribution in [1.82, 2.24) is 20.9 Å². The molecule has 2 rings (SSSR count). The number of amides is 4. The first-order valence-electron chi connectivity index (χ1n) is 11.9. The molecular weight excluding hydrogens is 440 g/mol. The van der Waals surface area contributed by atoms with Crippen LogP contribution in [0.3, 0.4) is 0 Å². The van der Waals surface area contributed by atoms with Crippen LogP contribution < -0.4 is 16.0 Å². The predicted octanol–water partition coefficient (Wildman–Crippen LogP) is 1.44. The highest BCUT2D eigenvalue weighted by Gasteiger charge is 2.52. The highest BCUT2D eigenvalue weighted by atomic mass is 16.6. The Bertz CT molecular complexity index is 821. The van der Waals surface area contributed by atoms with Crippen molar-refractivity contribution in [3.63, 3.8) is 0 Å². The van der Waals surface area contributed by atoms with Gasteiger partial charge in [-0.05, 0) is 59.3 Å². The Morgan fingerprint density at radius 1 is 1.15 bits per heavy atom. The van der Waals surface area contributed by atoms with E-state index in [1.54, 1.807) is 27.7 Å². The van der Waals surface area contributed by atoms with Gasteiger partial charge in [-0.25, -0.2) is 4.79 Å². The first kappa shape index (κ1) is 27.3. The van der Waals surface area contributed by atoms with Crippen LogP contribution >= 0.6 is 0 Å². The standard InChI is InChI=1S/C24H38N4O6/c1-7-9-17(19(29)21(31)25-12-8-2)27-20(30)18-15-10-11-16(13-15)28(18)22(32)14(3)26-23(33)34-24(4,5)6/h8,14-18H,2,7,9-13H2,1,3-6H3,(H,25,31)(H,26,33)(H,27,30)/t14-,15?,16?,17?,18?/m0/s1. The lowest BCUT2D eigenvalue weighted by atomic mass is 9.96. The number of piperidine rings is 1. The number of Topliss-reactive ketones (excluding diaryl/α,β-unsaturated/α-hetero) is 1. The van der Waals surface area contributed by atoms with E-state index in [4.69, 9.17) is 4.74 Å². The summed E-state index contributed by atoms with van der Waals surface area (Å²) in [6, 6.07) is -2.72. The molecule has 2 fully saturated rings. The fourth-order valence-electron chi connectivity index (χ4n) is 4.64. The molecule has 4 amide bonds. The maximum atomic E-state index is 13.3. The van der Waals surface area contributed by atoms with Gasteiger partial charge in [-0.15, -0.1) is 6.58 Å². The van der Waals surface area contributed by atoms with E-state index in [2.05, 4.69) is 22.5 Å². The summed E-state index contributed by atoms with van der Waals surface area (Å²) >= 11 is 0. The normalized spacial score (nSPS) is 23.0. The van der Waals surface area contributed by atoms with E-state index in [1.165, 1.54) is 11.0 Å². The molecule has 34 heavy (non-hydrogen) atoms. The summed E-state index contributed by atoms with van der Waals surface area (Å²) in [5.41, 5.74) is -0.708. The van der Waals surface area contributed by atoms with Crippen LogP contribution in [0, 0.1) is 5.92 Å². The minimum absolute atomic E-state index is 0.0327. The minimum atomic E-state index is -0.976. The van der Waals surface area contributed by atoms with E-state index in [0.29, 0.717) is 19.3 Å². The zero-order valence-corrected chi connectivity index (χ0v) is 20.8. The molecule has 0 radical (unpaired) electrons. The predicted molar refractivity (Wildman–Crippen MR) is 126 cm³/mol. The average Bonchev–Trinajstić information content (AvgIpc) is 3.36. The number of carbonyl (C=O) groups is 5. The van der Waals surface area contributed by atoms with Gasteiger partial charge in [0, 0.05) is 12.6 Å². The summed E-state index contributed by atoms with van der Waals surface area (Å²) in [5, 5.41) is 7.71. The number of rotatable bonds is 10. The van der Waals surface area contributed by atoms with Crippen LogP contribution in [0.4, 0.5) is 4.79 Å². The molecule has 0 spiro atoms. The fraction of sp³-hybridized carbons (Fsp3) is 0.708. The lowest BCUT2D eigenvalue weighted by molar-refractivity contribution is -0.145. The molecule has 190 valence electrons. The van der Waals surface area contributed by atoms with Gasteiger partial charge in [-0.3, -0.25) is 19.2 Å². The molecule has 10 nitrogen and oxygen atoms in total. The Kier molecular flexibility index (Phi) is 9.23. The van der Waals surface area contributed by atoms with Crippen LogP contribution in [0.25, 0.3) is 0 Å². The highest BCUT2D eigenvalue weighted by molar-refractivity contribution is 6.38.